The Morgan fingerprint density at radius 2 is 1.70 bits per heavy atom. The first-order valence-electron chi connectivity index (χ1n) is 6.43. The molecule has 0 bridgehead atoms. The lowest BCUT2D eigenvalue weighted by atomic mass is 9.75. The first-order valence-corrected chi connectivity index (χ1v) is 6.81. The standard InChI is InChI=1S/C16H18ClFN2/c1-16(2,11-7-9-12(18)10-8-11)15(20-19)13-5-3-4-6-14(13)17/h3-10,15,20H,19H2,1-2H3. The highest BCUT2D eigenvalue weighted by atomic mass is 35.5. The largest absolute Gasteiger partial charge is 0.271 e. The molecule has 0 saturated carbocycles. The molecule has 0 fully saturated rings. The van der Waals surface area contributed by atoms with Gasteiger partial charge in [-0.1, -0.05) is 55.8 Å². The number of hydrogen-bond donors (Lipinski definition) is 2. The predicted octanol–water partition coefficient (Wildman–Crippen LogP) is 3.96. The molecule has 20 heavy (non-hydrogen) atoms. The zero-order valence-corrected chi connectivity index (χ0v) is 12.3. The van der Waals surface area contributed by atoms with E-state index in [1.165, 1.54) is 12.1 Å². The molecule has 3 N–H and O–H groups in total. The summed E-state index contributed by atoms with van der Waals surface area (Å²) in [4.78, 5) is 0. The fourth-order valence-electron chi connectivity index (χ4n) is 2.44. The number of nitrogens with two attached hydrogens (primary N) is 1. The van der Waals surface area contributed by atoms with Crippen LogP contribution in [0.1, 0.15) is 31.0 Å². The summed E-state index contributed by atoms with van der Waals surface area (Å²) in [6.07, 6.45) is 0. The van der Waals surface area contributed by atoms with Gasteiger partial charge < -0.3 is 0 Å². The Hall–Kier alpha value is -1.42. The second-order valence-corrected chi connectivity index (χ2v) is 5.76. The molecule has 0 heterocycles. The van der Waals surface area contributed by atoms with E-state index in [0.29, 0.717) is 5.02 Å². The smallest absolute Gasteiger partial charge is 0.123 e. The molecule has 0 aliphatic rings. The number of halogens is 2. The third-order valence-electron chi connectivity index (χ3n) is 3.69. The van der Waals surface area contributed by atoms with Crippen molar-refractivity contribution in [3.8, 4) is 0 Å². The van der Waals surface area contributed by atoms with Gasteiger partial charge in [0.15, 0.2) is 0 Å². The van der Waals surface area contributed by atoms with Gasteiger partial charge in [-0.2, -0.15) is 0 Å². The van der Waals surface area contributed by atoms with Crippen molar-refractivity contribution in [3.05, 3.63) is 70.5 Å². The molecule has 2 rings (SSSR count). The van der Waals surface area contributed by atoms with E-state index < -0.39 is 0 Å². The maximum absolute atomic E-state index is 13.1. The van der Waals surface area contributed by atoms with Gasteiger partial charge in [0.05, 0.1) is 6.04 Å². The maximum atomic E-state index is 13.1. The number of rotatable bonds is 4. The average molecular weight is 293 g/mol. The Bertz CT molecular complexity index is 581. The molecule has 0 amide bonds. The predicted molar refractivity (Wildman–Crippen MR) is 80.9 cm³/mol. The van der Waals surface area contributed by atoms with Gasteiger partial charge in [0.1, 0.15) is 5.82 Å². The molecule has 106 valence electrons. The zero-order chi connectivity index (χ0) is 14.8. The normalized spacial score (nSPS) is 13.2. The van der Waals surface area contributed by atoms with Gasteiger partial charge in [-0.15, -0.1) is 0 Å². The lowest BCUT2D eigenvalue weighted by Gasteiger charge is -2.35. The molecule has 0 saturated heterocycles. The molecular weight excluding hydrogens is 275 g/mol. The SMILES string of the molecule is CC(C)(c1ccc(F)cc1)C(NN)c1ccccc1Cl. The molecule has 2 aromatic carbocycles. The first kappa shape index (κ1) is 15.0. The van der Waals surface area contributed by atoms with Crippen molar-refractivity contribution in [1.82, 2.24) is 5.43 Å². The van der Waals surface area contributed by atoms with Crippen LogP contribution in [0.2, 0.25) is 5.02 Å². The summed E-state index contributed by atoms with van der Waals surface area (Å²) in [7, 11) is 0. The number of nitrogens with one attached hydrogen (secondary N) is 1. The average Bonchev–Trinajstić information content (AvgIpc) is 2.42. The highest BCUT2D eigenvalue weighted by molar-refractivity contribution is 6.31. The van der Waals surface area contributed by atoms with Crippen LogP contribution in [-0.4, -0.2) is 0 Å². The zero-order valence-electron chi connectivity index (χ0n) is 11.5. The molecule has 0 aromatic heterocycles. The second-order valence-electron chi connectivity index (χ2n) is 5.35. The third-order valence-corrected chi connectivity index (χ3v) is 4.04. The fraction of sp³-hybridized carbons (Fsp3) is 0.250. The van der Waals surface area contributed by atoms with E-state index in [0.717, 1.165) is 11.1 Å². The Kier molecular flexibility index (Phi) is 4.43. The lowest BCUT2D eigenvalue weighted by Crippen LogP contribution is -2.41. The second kappa shape index (κ2) is 5.92. The molecular formula is C16H18ClFN2. The van der Waals surface area contributed by atoms with Crippen molar-refractivity contribution >= 4 is 11.6 Å². The van der Waals surface area contributed by atoms with Gasteiger partial charge in [-0.05, 0) is 29.3 Å². The van der Waals surface area contributed by atoms with E-state index in [2.05, 4.69) is 5.43 Å². The summed E-state index contributed by atoms with van der Waals surface area (Å²) in [5.41, 5.74) is 4.40. The number of benzene rings is 2. The molecule has 1 atom stereocenters. The monoisotopic (exact) mass is 292 g/mol. The van der Waals surface area contributed by atoms with E-state index >= 15 is 0 Å². The van der Waals surface area contributed by atoms with E-state index in [-0.39, 0.29) is 17.3 Å². The minimum atomic E-state index is -0.340. The van der Waals surface area contributed by atoms with Crippen LogP contribution in [-0.2, 0) is 5.41 Å². The first-order chi connectivity index (χ1) is 9.46. The Morgan fingerprint density at radius 3 is 2.25 bits per heavy atom. The minimum Gasteiger partial charge on any atom is -0.271 e. The van der Waals surface area contributed by atoms with E-state index in [4.69, 9.17) is 17.4 Å². The topological polar surface area (TPSA) is 38.0 Å². The van der Waals surface area contributed by atoms with E-state index in [1.807, 2.05) is 38.1 Å². The van der Waals surface area contributed by atoms with Gasteiger partial charge in [0.25, 0.3) is 0 Å². The van der Waals surface area contributed by atoms with Gasteiger partial charge in [-0.3, -0.25) is 11.3 Å². The summed E-state index contributed by atoms with van der Waals surface area (Å²) < 4.78 is 13.1. The van der Waals surface area contributed by atoms with Crippen molar-refractivity contribution in [2.45, 2.75) is 25.3 Å². The van der Waals surface area contributed by atoms with Crippen LogP contribution >= 0.6 is 11.6 Å². The van der Waals surface area contributed by atoms with Crippen LogP contribution in [0, 0.1) is 5.82 Å². The van der Waals surface area contributed by atoms with Crippen molar-refractivity contribution in [1.29, 1.82) is 0 Å². The molecule has 2 aromatic rings. The summed E-state index contributed by atoms with van der Waals surface area (Å²) >= 11 is 6.26. The van der Waals surface area contributed by atoms with Crippen LogP contribution in [0.15, 0.2) is 48.5 Å². The summed E-state index contributed by atoms with van der Waals surface area (Å²) in [6, 6.07) is 13.9. The number of hydrazine groups is 1. The van der Waals surface area contributed by atoms with Gasteiger partial charge in [-0.25, -0.2) is 4.39 Å². The van der Waals surface area contributed by atoms with E-state index in [1.54, 1.807) is 12.1 Å². The Labute approximate surface area is 123 Å². The summed E-state index contributed by atoms with van der Waals surface area (Å²) in [6.45, 7) is 4.10. The van der Waals surface area contributed by atoms with Crippen LogP contribution < -0.4 is 11.3 Å². The molecule has 0 radical (unpaired) electrons. The molecule has 0 aliphatic carbocycles. The van der Waals surface area contributed by atoms with Crippen molar-refractivity contribution in [2.75, 3.05) is 0 Å². The van der Waals surface area contributed by atoms with Crippen LogP contribution in [0.25, 0.3) is 0 Å². The van der Waals surface area contributed by atoms with E-state index in [9.17, 15) is 4.39 Å². The quantitative estimate of drug-likeness (QED) is 0.661. The molecule has 4 heteroatoms. The third kappa shape index (κ3) is 2.85. The van der Waals surface area contributed by atoms with Crippen molar-refractivity contribution in [2.24, 2.45) is 5.84 Å². The van der Waals surface area contributed by atoms with Crippen molar-refractivity contribution in [3.63, 3.8) is 0 Å². The Balaban J connectivity index is 2.44. The lowest BCUT2D eigenvalue weighted by molar-refractivity contribution is 0.352. The van der Waals surface area contributed by atoms with Crippen molar-refractivity contribution < 1.29 is 4.39 Å². The maximum Gasteiger partial charge on any atom is 0.123 e. The molecule has 1 unspecified atom stereocenters. The molecule has 2 nitrogen and oxygen atoms in total. The highest BCUT2D eigenvalue weighted by Gasteiger charge is 2.33. The fourth-order valence-corrected chi connectivity index (χ4v) is 2.69. The minimum absolute atomic E-state index is 0.179. The van der Waals surface area contributed by atoms with Crippen LogP contribution in [0.5, 0.6) is 0 Å². The van der Waals surface area contributed by atoms with Gasteiger partial charge in [0, 0.05) is 10.4 Å². The summed E-state index contributed by atoms with van der Waals surface area (Å²) in [5.74, 6) is 5.49. The molecule has 0 spiro atoms. The van der Waals surface area contributed by atoms with Crippen LogP contribution in [0.4, 0.5) is 4.39 Å². The Morgan fingerprint density at radius 1 is 1.10 bits per heavy atom. The molecule has 0 aliphatic heterocycles. The van der Waals surface area contributed by atoms with Gasteiger partial charge in [0.2, 0.25) is 0 Å². The summed E-state index contributed by atoms with van der Waals surface area (Å²) in [5, 5.41) is 0.658. The highest BCUT2D eigenvalue weighted by Crippen LogP contribution is 2.38. The van der Waals surface area contributed by atoms with Crippen LogP contribution in [0.3, 0.4) is 0 Å². The number of hydrogen-bond acceptors (Lipinski definition) is 2. The van der Waals surface area contributed by atoms with Gasteiger partial charge >= 0.3 is 0 Å².